The van der Waals surface area contributed by atoms with E-state index in [0.717, 1.165) is 87.1 Å². The number of benzene rings is 6. The van der Waals surface area contributed by atoms with Crippen molar-refractivity contribution in [1.82, 2.24) is 0 Å². The second-order valence-corrected chi connectivity index (χ2v) is 19.3. The number of hydrogen-bond acceptors (Lipinski definition) is 8. The lowest BCUT2D eigenvalue weighted by Gasteiger charge is -2.29. The smallest absolute Gasteiger partial charge is 0.335 e. The number of fused-ring (bicyclic) bond motifs is 1. The zero-order chi connectivity index (χ0) is 52.1. The van der Waals surface area contributed by atoms with Gasteiger partial charge in [-0.25, -0.2) is 27.2 Å². The van der Waals surface area contributed by atoms with Crippen molar-refractivity contribution in [3.63, 3.8) is 0 Å². The van der Waals surface area contributed by atoms with Gasteiger partial charge in [-0.2, -0.15) is 20.4 Å². The molecule has 6 aromatic rings. The highest BCUT2D eigenvalue weighted by atomic mass is 19.1. The number of rotatable bonds is 18. The van der Waals surface area contributed by atoms with Crippen LogP contribution in [0.3, 0.4) is 0 Å². The molecule has 0 radical (unpaired) electrons. The van der Waals surface area contributed by atoms with Gasteiger partial charge in [-0.1, -0.05) is 101 Å². The molecule has 0 amide bonds. The fourth-order valence-electron chi connectivity index (χ4n) is 10.6. The maximum atomic E-state index is 15.8. The van der Waals surface area contributed by atoms with Crippen molar-refractivity contribution in [2.24, 2.45) is 32.2 Å². The topological polar surface area (TPSA) is 102 Å². The Balaban J connectivity index is 1.00. The lowest BCUT2D eigenvalue weighted by molar-refractivity contribution is -0.129. The number of ether oxygens (including phenoxy) is 2. The molecule has 2 saturated carbocycles. The first kappa shape index (κ1) is 52.7. The van der Waals surface area contributed by atoms with Crippen molar-refractivity contribution in [1.29, 1.82) is 0 Å². The minimum atomic E-state index is -0.723. The highest BCUT2D eigenvalue weighted by molar-refractivity contribution is 6.07. The second kappa shape index (κ2) is 24.9. The van der Waals surface area contributed by atoms with E-state index in [9.17, 15) is 9.59 Å². The maximum absolute atomic E-state index is 15.8. The largest absolute Gasteiger partial charge is 0.423 e. The monoisotopic (exact) mass is 1000 g/mol. The SMILES string of the molecule is C=CC(=O)Oc1ccc(-c2c(F)cc(C3CCC(CCC)CC3)cc2F)cc1/C=N/N=C/c1ccc(/C=N/N=C/c2cc(-c3c(F)cc(C4CCC(CCC)CC4)cc3F)ccc2OC(=O)C=C)c2ccccc12. The van der Waals surface area contributed by atoms with Gasteiger partial charge in [0.1, 0.15) is 34.8 Å². The summed E-state index contributed by atoms with van der Waals surface area (Å²) in [4.78, 5) is 24.5. The third-order valence-corrected chi connectivity index (χ3v) is 14.4. The predicted molar refractivity (Wildman–Crippen MR) is 289 cm³/mol. The van der Waals surface area contributed by atoms with E-state index in [-0.39, 0.29) is 56.7 Å². The van der Waals surface area contributed by atoms with Crippen LogP contribution in [0, 0.1) is 35.1 Å². The molecule has 0 aromatic heterocycles. The van der Waals surface area contributed by atoms with Crippen LogP contribution in [0.4, 0.5) is 17.6 Å². The Morgan fingerprint density at radius 1 is 0.500 bits per heavy atom. The molecule has 0 saturated heterocycles. The molecule has 0 unspecified atom stereocenters. The van der Waals surface area contributed by atoms with Crippen molar-refractivity contribution in [2.75, 3.05) is 0 Å². The first-order chi connectivity index (χ1) is 36.0. The maximum Gasteiger partial charge on any atom is 0.335 e. The normalized spacial score (nSPS) is 18.2. The Bertz CT molecular complexity index is 2910. The minimum Gasteiger partial charge on any atom is -0.423 e. The molecule has 12 heteroatoms. The Morgan fingerprint density at radius 2 is 0.851 bits per heavy atom. The summed E-state index contributed by atoms with van der Waals surface area (Å²) in [7, 11) is 0. The van der Waals surface area contributed by atoms with E-state index in [4.69, 9.17) is 9.47 Å². The predicted octanol–water partition coefficient (Wildman–Crippen LogP) is 16.0. The summed E-state index contributed by atoms with van der Waals surface area (Å²) in [5, 5.41) is 18.6. The van der Waals surface area contributed by atoms with Gasteiger partial charge >= 0.3 is 11.9 Å². The van der Waals surface area contributed by atoms with Crippen molar-refractivity contribution in [2.45, 2.75) is 103 Å². The molecule has 0 spiro atoms. The van der Waals surface area contributed by atoms with Gasteiger partial charge in [0.05, 0.1) is 36.0 Å². The summed E-state index contributed by atoms with van der Waals surface area (Å²) in [5.41, 5.74) is 3.33. The molecular formula is C62H60F4N4O4. The van der Waals surface area contributed by atoms with Crippen LogP contribution in [0.2, 0.25) is 0 Å². The molecule has 0 N–H and O–H groups in total. The minimum absolute atomic E-state index is 0.0971. The van der Waals surface area contributed by atoms with Gasteiger partial charge in [0.2, 0.25) is 0 Å². The van der Waals surface area contributed by atoms with Gasteiger partial charge < -0.3 is 9.47 Å². The van der Waals surface area contributed by atoms with Crippen LogP contribution in [0.25, 0.3) is 33.0 Å². The van der Waals surface area contributed by atoms with Crippen LogP contribution in [0.15, 0.2) is 143 Å². The van der Waals surface area contributed by atoms with E-state index in [1.54, 1.807) is 12.4 Å². The average Bonchev–Trinajstić information content (AvgIpc) is 3.40. The quantitative estimate of drug-likeness (QED) is 0.0214. The van der Waals surface area contributed by atoms with Crippen LogP contribution in [0.1, 0.15) is 136 Å². The van der Waals surface area contributed by atoms with Gasteiger partial charge in [0.25, 0.3) is 0 Å². The molecule has 6 aromatic carbocycles. The summed E-state index contributed by atoms with van der Waals surface area (Å²) in [6.07, 6.45) is 20.2. The third kappa shape index (κ3) is 12.8. The average molecular weight is 1000 g/mol. The molecule has 8 rings (SSSR count). The van der Waals surface area contributed by atoms with Crippen molar-refractivity contribution in [3.8, 4) is 33.8 Å². The second-order valence-electron chi connectivity index (χ2n) is 19.3. The molecule has 0 bridgehead atoms. The van der Waals surface area contributed by atoms with Crippen LogP contribution < -0.4 is 9.47 Å². The van der Waals surface area contributed by atoms with Gasteiger partial charge in [-0.3, -0.25) is 0 Å². The molecule has 74 heavy (non-hydrogen) atoms. The molecular weight excluding hydrogens is 941 g/mol. The van der Waals surface area contributed by atoms with E-state index < -0.39 is 35.2 Å². The standard InChI is InChI=1S/C62H60F4N4O4/c1-5-11-39-15-19-41(20-16-39)47-31-53(63)61(54(64)32-47)43-25-27-57(73-59(71)7-3)49(29-43)37-69-67-35-45-23-24-46(52-14-10-9-13-51(45)52)36-68-70-38-50-30-44(26-28-58(50)74-60(72)8-4)62-55(65)33-48(34-56(62)66)42-21-17-40(12-6-2)18-22-42/h7-10,13-14,23-42H,3-6,11-12,15-22H2,1-2H3/b67-35+,68-36+,69-37+,70-38+. The number of esters is 2. The van der Waals surface area contributed by atoms with Gasteiger partial charge in [-0.15, -0.1) is 0 Å². The first-order valence-electron chi connectivity index (χ1n) is 25.6. The molecule has 0 heterocycles. The van der Waals surface area contributed by atoms with E-state index in [1.807, 2.05) is 36.4 Å². The van der Waals surface area contributed by atoms with Crippen molar-refractivity contribution >= 4 is 47.6 Å². The van der Waals surface area contributed by atoms with E-state index in [0.29, 0.717) is 34.1 Å². The number of nitrogens with zero attached hydrogens (tertiary/aromatic N) is 4. The Kier molecular flexibility index (Phi) is 17.7. The fraction of sp³-hybridized carbons (Fsp3) is 0.290. The molecule has 8 nitrogen and oxygen atoms in total. The van der Waals surface area contributed by atoms with Crippen LogP contribution in [-0.2, 0) is 9.59 Å². The Hall–Kier alpha value is -7.60. The van der Waals surface area contributed by atoms with Gasteiger partial charge in [0.15, 0.2) is 0 Å². The van der Waals surface area contributed by atoms with Crippen LogP contribution in [-0.4, -0.2) is 36.8 Å². The molecule has 0 atom stereocenters. The zero-order valence-electron chi connectivity index (χ0n) is 41.8. The van der Waals surface area contributed by atoms with E-state index in [1.165, 1.54) is 85.9 Å². The lowest BCUT2D eigenvalue weighted by atomic mass is 9.77. The molecule has 2 fully saturated rings. The summed E-state index contributed by atoms with van der Waals surface area (Å²) >= 11 is 0. The highest BCUT2D eigenvalue weighted by Gasteiger charge is 2.27. The van der Waals surface area contributed by atoms with Crippen LogP contribution >= 0.6 is 0 Å². The van der Waals surface area contributed by atoms with Crippen molar-refractivity contribution < 1.29 is 36.6 Å². The summed E-state index contributed by atoms with van der Waals surface area (Å²) < 4.78 is 74.2. The van der Waals surface area contributed by atoms with E-state index >= 15 is 17.6 Å². The number of carbonyl (C=O) groups excluding carboxylic acids is 2. The fourth-order valence-corrected chi connectivity index (χ4v) is 10.6. The Labute approximate surface area is 430 Å². The number of carbonyl (C=O) groups is 2. The molecule has 2 aliphatic rings. The zero-order valence-corrected chi connectivity index (χ0v) is 41.8. The summed E-state index contributed by atoms with van der Waals surface area (Å²) in [5.74, 6) is -2.41. The summed E-state index contributed by atoms with van der Waals surface area (Å²) in [6, 6.07) is 25.8. The number of halogens is 4. The summed E-state index contributed by atoms with van der Waals surface area (Å²) in [6.45, 7) is 11.3. The first-order valence-corrected chi connectivity index (χ1v) is 25.6. The lowest BCUT2D eigenvalue weighted by Crippen LogP contribution is -2.13. The molecule has 380 valence electrons. The van der Waals surface area contributed by atoms with E-state index in [2.05, 4.69) is 47.4 Å². The van der Waals surface area contributed by atoms with Gasteiger partial charge in [-0.05, 0) is 157 Å². The Morgan fingerprint density at radius 3 is 1.19 bits per heavy atom. The molecule has 2 aliphatic carbocycles. The molecule has 0 aliphatic heterocycles. The third-order valence-electron chi connectivity index (χ3n) is 14.4. The highest BCUT2D eigenvalue weighted by Crippen LogP contribution is 2.42. The van der Waals surface area contributed by atoms with Gasteiger partial charge in [0, 0.05) is 34.4 Å². The number of hydrogen-bond donors (Lipinski definition) is 0. The van der Waals surface area contributed by atoms with Crippen LogP contribution in [0.5, 0.6) is 11.5 Å². The van der Waals surface area contributed by atoms with Crippen molar-refractivity contribution in [3.05, 3.63) is 179 Å².